The van der Waals surface area contributed by atoms with Crippen molar-refractivity contribution in [1.29, 1.82) is 0 Å². The van der Waals surface area contributed by atoms with E-state index >= 15 is 0 Å². The van der Waals surface area contributed by atoms with E-state index in [1.807, 2.05) is 43.3 Å². The lowest BCUT2D eigenvalue weighted by atomic mass is 9.98. The third-order valence-corrected chi connectivity index (χ3v) is 7.76. The number of carbonyl (C=O) groups is 1. The molecule has 4 nitrogen and oxygen atoms in total. The third kappa shape index (κ3) is 6.83. The summed E-state index contributed by atoms with van der Waals surface area (Å²) in [5, 5.41) is 2.92. The Morgan fingerprint density at radius 2 is 1.61 bits per heavy atom. The molecule has 1 heterocycles. The summed E-state index contributed by atoms with van der Waals surface area (Å²) >= 11 is 0. The van der Waals surface area contributed by atoms with E-state index < -0.39 is 22.5 Å². The SMILES string of the molecule is CCS(=O)c1ccc(CC(=O)Nc2ccc(C3CCN(Cc4ccc(C(F)(F)F)cc4)C3)cc2)cc1. The number of alkyl halides is 3. The Bertz CT molecular complexity index is 1190. The predicted octanol–water partition coefficient (Wildman–Crippen LogP) is 6.00. The van der Waals surface area contributed by atoms with E-state index in [9.17, 15) is 22.2 Å². The molecule has 1 aliphatic heterocycles. The first-order valence-corrected chi connectivity index (χ1v) is 13.3. The zero-order chi connectivity index (χ0) is 25.7. The van der Waals surface area contributed by atoms with E-state index in [0.717, 1.165) is 53.4 Å². The number of amides is 1. The van der Waals surface area contributed by atoms with E-state index in [0.29, 0.717) is 18.2 Å². The van der Waals surface area contributed by atoms with Crippen LogP contribution >= 0.6 is 0 Å². The zero-order valence-electron chi connectivity index (χ0n) is 20.1. The Balaban J connectivity index is 1.27. The van der Waals surface area contributed by atoms with Crippen LogP contribution in [0.2, 0.25) is 0 Å². The molecule has 3 aromatic rings. The predicted molar refractivity (Wildman–Crippen MR) is 136 cm³/mol. The molecule has 1 amide bonds. The van der Waals surface area contributed by atoms with Crippen LogP contribution in [0.5, 0.6) is 0 Å². The number of anilines is 1. The Labute approximate surface area is 212 Å². The number of hydrogen-bond acceptors (Lipinski definition) is 3. The van der Waals surface area contributed by atoms with Gasteiger partial charge in [-0.1, -0.05) is 43.3 Å². The van der Waals surface area contributed by atoms with Crippen LogP contribution in [0.15, 0.2) is 77.7 Å². The molecular weight excluding hydrogens is 485 g/mol. The van der Waals surface area contributed by atoms with Crippen molar-refractivity contribution in [3.8, 4) is 0 Å². The number of carbonyl (C=O) groups excluding carboxylic acids is 1. The van der Waals surface area contributed by atoms with Gasteiger partial charge in [0.05, 0.1) is 22.8 Å². The van der Waals surface area contributed by atoms with Crippen LogP contribution in [-0.4, -0.2) is 33.9 Å². The number of nitrogens with zero attached hydrogens (tertiary/aromatic N) is 1. The molecule has 2 atom stereocenters. The lowest BCUT2D eigenvalue weighted by molar-refractivity contribution is -0.137. The summed E-state index contributed by atoms with van der Waals surface area (Å²) in [5.74, 6) is 0.792. The van der Waals surface area contributed by atoms with Crippen molar-refractivity contribution in [1.82, 2.24) is 4.90 Å². The maximum Gasteiger partial charge on any atom is 0.416 e. The van der Waals surface area contributed by atoms with Crippen LogP contribution in [-0.2, 0) is 34.7 Å². The zero-order valence-corrected chi connectivity index (χ0v) is 20.9. The fourth-order valence-corrected chi connectivity index (χ4v) is 5.23. The molecule has 4 rings (SSSR count). The number of likely N-dealkylation sites (tertiary alicyclic amines) is 1. The number of rotatable bonds is 8. The topological polar surface area (TPSA) is 49.4 Å². The molecule has 0 bridgehead atoms. The number of hydrogen-bond donors (Lipinski definition) is 1. The first-order valence-electron chi connectivity index (χ1n) is 12.0. The lowest BCUT2D eigenvalue weighted by Gasteiger charge is -2.17. The number of nitrogens with one attached hydrogen (secondary N) is 1. The second kappa shape index (κ2) is 11.4. The van der Waals surface area contributed by atoms with E-state index in [2.05, 4.69) is 10.2 Å². The minimum Gasteiger partial charge on any atom is -0.326 e. The molecule has 1 N–H and O–H groups in total. The minimum atomic E-state index is -4.31. The first-order chi connectivity index (χ1) is 17.2. The molecule has 36 heavy (non-hydrogen) atoms. The summed E-state index contributed by atoms with van der Waals surface area (Å²) in [6, 6.07) is 20.5. The highest BCUT2D eigenvalue weighted by Crippen LogP contribution is 2.31. The van der Waals surface area contributed by atoms with Crippen molar-refractivity contribution < 1.29 is 22.2 Å². The molecule has 1 aliphatic rings. The maximum atomic E-state index is 12.8. The highest BCUT2D eigenvalue weighted by molar-refractivity contribution is 7.85. The monoisotopic (exact) mass is 514 g/mol. The molecule has 0 spiro atoms. The fourth-order valence-electron chi connectivity index (χ4n) is 4.46. The Morgan fingerprint density at radius 3 is 2.22 bits per heavy atom. The maximum absolute atomic E-state index is 12.8. The molecule has 0 saturated carbocycles. The fraction of sp³-hybridized carbons (Fsp3) is 0.321. The van der Waals surface area contributed by atoms with Crippen LogP contribution in [0.3, 0.4) is 0 Å². The van der Waals surface area contributed by atoms with Gasteiger partial charge in [-0.15, -0.1) is 0 Å². The largest absolute Gasteiger partial charge is 0.416 e. The van der Waals surface area contributed by atoms with Gasteiger partial charge in [0.2, 0.25) is 5.91 Å². The van der Waals surface area contributed by atoms with Gasteiger partial charge in [0.1, 0.15) is 0 Å². The molecule has 0 aliphatic carbocycles. The standard InChI is InChI=1S/C28H29F3N2O2S/c1-2-36(35)26-13-5-20(6-14-26)17-27(34)32-25-11-7-22(8-12-25)23-15-16-33(19-23)18-21-3-9-24(10-4-21)28(29,30)31/h3-14,23H,2,15-19H2,1H3,(H,32,34). The smallest absolute Gasteiger partial charge is 0.326 e. The van der Waals surface area contributed by atoms with Gasteiger partial charge in [0.25, 0.3) is 0 Å². The van der Waals surface area contributed by atoms with Gasteiger partial charge in [-0.3, -0.25) is 13.9 Å². The highest BCUT2D eigenvalue weighted by atomic mass is 32.2. The third-order valence-electron chi connectivity index (χ3n) is 6.44. The van der Waals surface area contributed by atoms with Crippen molar-refractivity contribution in [2.45, 2.75) is 43.3 Å². The molecule has 2 unspecified atom stereocenters. The van der Waals surface area contributed by atoms with Crippen molar-refractivity contribution in [2.24, 2.45) is 0 Å². The molecule has 190 valence electrons. The van der Waals surface area contributed by atoms with Gasteiger partial charge in [0.15, 0.2) is 0 Å². The molecular formula is C28H29F3N2O2S. The quantitative estimate of drug-likeness (QED) is 0.401. The van der Waals surface area contributed by atoms with E-state index in [-0.39, 0.29) is 12.3 Å². The average molecular weight is 515 g/mol. The Morgan fingerprint density at radius 1 is 0.972 bits per heavy atom. The van der Waals surface area contributed by atoms with Crippen molar-refractivity contribution in [2.75, 3.05) is 24.2 Å². The van der Waals surface area contributed by atoms with Crippen molar-refractivity contribution >= 4 is 22.4 Å². The minimum absolute atomic E-state index is 0.115. The normalized spacial score (nSPS) is 17.2. The summed E-state index contributed by atoms with van der Waals surface area (Å²) in [6.45, 7) is 4.22. The molecule has 1 fully saturated rings. The second-order valence-electron chi connectivity index (χ2n) is 9.04. The number of halogens is 3. The van der Waals surface area contributed by atoms with E-state index in [1.54, 1.807) is 24.3 Å². The van der Waals surface area contributed by atoms with E-state index in [4.69, 9.17) is 0 Å². The lowest BCUT2D eigenvalue weighted by Crippen LogP contribution is -2.20. The summed E-state index contributed by atoms with van der Waals surface area (Å²) in [7, 11) is -1.00. The average Bonchev–Trinajstić information content (AvgIpc) is 3.32. The number of benzene rings is 3. The van der Waals surface area contributed by atoms with Gasteiger partial charge in [-0.2, -0.15) is 13.2 Å². The van der Waals surface area contributed by atoms with E-state index in [1.165, 1.54) is 5.56 Å². The summed E-state index contributed by atoms with van der Waals surface area (Å²) in [5.41, 5.74) is 3.02. The molecule has 8 heteroatoms. The van der Waals surface area contributed by atoms with Gasteiger partial charge < -0.3 is 5.32 Å². The Kier molecular flexibility index (Phi) is 8.26. The second-order valence-corrected chi connectivity index (χ2v) is 10.8. The highest BCUT2D eigenvalue weighted by Gasteiger charge is 2.30. The molecule has 1 saturated heterocycles. The first kappa shape index (κ1) is 26.1. The van der Waals surface area contributed by atoms with Crippen LogP contribution in [0.25, 0.3) is 0 Å². The van der Waals surface area contributed by atoms with Gasteiger partial charge >= 0.3 is 6.18 Å². The van der Waals surface area contributed by atoms with Crippen LogP contribution < -0.4 is 5.32 Å². The molecule has 0 radical (unpaired) electrons. The van der Waals surface area contributed by atoms with Gasteiger partial charge in [0, 0.05) is 29.4 Å². The van der Waals surface area contributed by atoms with Gasteiger partial charge in [-0.05, 0) is 72.0 Å². The van der Waals surface area contributed by atoms with Crippen LogP contribution in [0.1, 0.15) is 41.5 Å². The Hall–Kier alpha value is -2.97. The molecule has 0 aromatic heterocycles. The summed E-state index contributed by atoms with van der Waals surface area (Å²) < 4.78 is 50.1. The van der Waals surface area contributed by atoms with Gasteiger partial charge in [-0.25, -0.2) is 0 Å². The van der Waals surface area contributed by atoms with Crippen LogP contribution in [0.4, 0.5) is 18.9 Å². The molecule has 3 aromatic carbocycles. The summed E-state index contributed by atoms with van der Waals surface area (Å²) in [4.78, 5) is 15.5. The van der Waals surface area contributed by atoms with Crippen molar-refractivity contribution in [3.05, 3.63) is 95.1 Å². The van der Waals surface area contributed by atoms with Crippen LogP contribution in [0, 0.1) is 0 Å². The van der Waals surface area contributed by atoms with Crippen molar-refractivity contribution in [3.63, 3.8) is 0 Å². The summed E-state index contributed by atoms with van der Waals surface area (Å²) in [6.07, 6.45) is -3.10.